The molecule has 0 aliphatic rings. The second kappa shape index (κ2) is 7.40. The van der Waals surface area contributed by atoms with Crippen molar-refractivity contribution in [1.82, 2.24) is 9.97 Å². The Labute approximate surface area is 152 Å². The fourth-order valence-corrected chi connectivity index (χ4v) is 2.55. The number of nitrogens with one attached hydrogen (secondary N) is 2. The fourth-order valence-electron chi connectivity index (χ4n) is 2.36. The van der Waals surface area contributed by atoms with Crippen molar-refractivity contribution in [2.45, 2.75) is 6.92 Å². The number of hydrogen-bond acceptors (Lipinski definition) is 5. The van der Waals surface area contributed by atoms with E-state index in [1.54, 1.807) is 0 Å². The van der Waals surface area contributed by atoms with Crippen LogP contribution in [0.15, 0.2) is 54.6 Å². The summed E-state index contributed by atoms with van der Waals surface area (Å²) in [6, 6.07) is 17.6. The molecule has 128 valence electrons. The van der Waals surface area contributed by atoms with E-state index in [1.807, 2.05) is 63.5 Å². The Bertz CT molecular complexity index is 862. The molecule has 5 nitrogen and oxygen atoms in total. The Morgan fingerprint density at radius 3 is 2.32 bits per heavy atom. The van der Waals surface area contributed by atoms with E-state index in [-0.39, 0.29) is 0 Å². The van der Waals surface area contributed by atoms with Gasteiger partial charge < -0.3 is 15.5 Å². The number of hydrogen-bond donors (Lipinski definition) is 2. The molecular formula is C19H20ClN5. The molecule has 0 radical (unpaired) electrons. The van der Waals surface area contributed by atoms with Gasteiger partial charge >= 0.3 is 0 Å². The third kappa shape index (κ3) is 4.39. The Hall–Kier alpha value is -2.79. The molecule has 0 aliphatic carbocycles. The van der Waals surface area contributed by atoms with Gasteiger partial charge in [0.2, 0.25) is 5.95 Å². The lowest BCUT2D eigenvalue weighted by Crippen LogP contribution is -2.08. The van der Waals surface area contributed by atoms with E-state index in [2.05, 4.69) is 37.6 Å². The highest BCUT2D eigenvalue weighted by Crippen LogP contribution is 2.25. The molecule has 0 amide bonds. The number of anilines is 5. The summed E-state index contributed by atoms with van der Waals surface area (Å²) in [6.07, 6.45) is 0. The standard InChI is InChI=1S/C19H20ClN5/c1-13-12-18(22-14-8-10-15(11-9-14)25(2)3)24-19(21-13)23-17-7-5-4-6-16(17)20/h4-12H,1-3H3,(H2,21,22,23,24). The Morgan fingerprint density at radius 2 is 1.64 bits per heavy atom. The monoisotopic (exact) mass is 353 g/mol. The van der Waals surface area contributed by atoms with Gasteiger partial charge in [-0.15, -0.1) is 0 Å². The Balaban J connectivity index is 1.80. The summed E-state index contributed by atoms with van der Waals surface area (Å²) in [4.78, 5) is 11.0. The molecule has 0 bridgehead atoms. The number of benzene rings is 2. The van der Waals surface area contributed by atoms with E-state index in [0.717, 1.165) is 28.6 Å². The highest BCUT2D eigenvalue weighted by Gasteiger charge is 2.06. The van der Waals surface area contributed by atoms with Crippen LogP contribution in [-0.4, -0.2) is 24.1 Å². The quantitative estimate of drug-likeness (QED) is 0.676. The molecule has 0 fully saturated rings. The van der Waals surface area contributed by atoms with Crippen LogP contribution in [0.4, 0.5) is 28.8 Å². The van der Waals surface area contributed by atoms with Crippen molar-refractivity contribution in [1.29, 1.82) is 0 Å². The number of aryl methyl sites for hydroxylation is 1. The molecule has 2 aromatic carbocycles. The van der Waals surface area contributed by atoms with Crippen LogP contribution in [0.2, 0.25) is 5.02 Å². The summed E-state index contributed by atoms with van der Waals surface area (Å²) in [6.45, 7) is 1.93. The molecule has 3 aromatic rings. The second-order valence-electron chi connectivity index (χ2n) is 5.89. The highest BCUT2D eigenvalue weighted by molar-refractivity contribution is 6.33. The van der Waals surface area contributed by atoms with Crippen molar-refractivity contribution >= 4 is 40.4 Å². The summed E-state index contributed by atoms with van der Waals surface area (Å²) in [5.41, 5.74) is 3.74. The van der Waals surface area contributed by atoms with Gasteiger partial charge in [-0.25, -0.2) is 4.98 Å². The number of para-hydroxylation sites is 1. The molecule has 0 saturated heterocycles. The SMILES string of the molecule is Cc1cc(Nc2ccc(N(C)C)cc2)nc(Nc2ccccc2Cl)n1. The molecule has 2 N–H and O–H groups in total. The Kier molecular flexibility index (Phi) is 5.05. The summed E-state index contributed by atoms with van der Waals surface area (Å²) in [5.74, 6) is 1.22. The number of aromatic nitrogens is 2. The fraction of sp³-hybridized carbons (Fsp3) is 0.158. The first-order valence-electron chi connectivity index (χ1n) is 7.93. The van der Waals surface area contributed by atoms with Gasteiger partial charge in [0.15, 0.2) is 0 Å². The normalized spacial score (nSPS) is 10.4. The minimum Gasteiger partial charge on any atom is -0.378 e. The van der Waals surface area contributed by atoms with Crippen LogP contribution in [0.1, 0.15) is 5.69 Å². The van der Waals surface area contributed by atoms with E-state index in [1.165, 1.54) is 0 Å². The molecule has 1 heterocycles. The first-order chi connectivity index (χ1) is 12.0. The first-order valence-corrected chi connectivity index (χ1v) is 8.31. The lowest BCUT2D eigenvalue weighted by Gasteiger charge is -2.14. The van der Waals surface area contributed by atoms with Gasteiger partial charge in [0.25, 0.3) is 0 Å². The smallest absolute Gasteiger partial charge is 0.229 e. The highest BCUT2D eigenvalue weighted by atomic mass is 35.5. The van der Waals surface area contributed by atoms with Gasteiger partial charge in [-0.05, 0) is 43.3 Å². The summed E-state index contributed by atoms with van der Waals surface area (Å²) < 4.78 is 0. The van der Waals surface area contributed by atoms with Gasteiger partial charge in [0.1, 0.15) is 5.82 Å². The molecule has 0 atom stereocenters. The molecule has 0 unspecified atom stereocenters. The van der Waals surface area contributed by atoms with Crippen molar-refractivity contribution < 1.29 is 0 Å². The molecular weight excluding hydrogens is 334 g/mol. The van der Waals surface area contributed by atoms with E-state index >= 15 is 0 Å². The second-order valence-corrected chi connectivity index (χ2v) is 6.30. The van der Waals surface area contributed by atoms with Crippen molar-refractivity contribution in [3.63, 3.8) is 0 Å². The van der Waals surface area contributed by atoms with Gasteiger partial charge in [0.05, 0.1) is 10.7 Å². The number of nitrogens with zero attached hydrogens (tertiary/aromatic N) is 3. The summed E-state index contributed by atoms with van der Waals surface area (Å²) in [7, 11) is 4.03. The molecule has 0 aliphatic heterocycles. The van der Waals surface area contributed by atoms with Gasteiger partial charge in [0, 0.05) is 37.2 Å². The van der Waals surface area contributed by atoms with E-state index in [9.17, 15) is 0 Å². The van der Waals surface area contributed by atoms with Gasteiger partial charge in [-0.2, -0.15) is 4.98 Å². The average molecular weight is 354 g/mol. The minimum atomic E-state index is 0.500. The molecule has 3 rings (SSSR count). The van der Waals surface area contributed by atoms with Crippen LogP contribution in [0.25, 0.3) is 0 Å². The van der Waals surface area contributed by atoms with Crippen LogP contribution < -0.4 is 15.5 Å². The molecule has 1 aromatic heterocycles. The van der Waals surface area contributed by atoms with Gasteiger partial charge in [-0.3, -0.25) is 0 Å². The number of rotatable bonds is 5. The zero-order valence-electron chi connectivity index (χ0n) is 14.4. The largest absolute Gasteiger partial charge is 0.378 e. The maximum atomic E-state index is 6.19. The number of halogens is 1. The zero-order chi connectivity index (χ0) is 17.8. The summed E-state index contributed by atoms with van der Waals surface area (Å²) >= 11 is 6.19. The average Bonchev–Trinajstić information content (AvgIpc) is 2.57. The third-order valence-electron chi connectivity index (χ3n) is 3.63. The van der Waals surface area contributed by atoms with Crippen molar-refractivity contribution in [3.8, 4) is 0 Å². The van der Waals surface area contributed by atoms with Crippen molar-refractivity contribution in [3.05, 3.63) is 65.3 Å². The van der Waals surface area contributed by atoms with E-state index < -0.39 is 0 Å². The third-order valence-corrected chi connectivity index (χ3v) is 3.96. The molecule has 6 heteroatoms. The maximum absolute atomic E-state index is 6.19. The van der Waals surface area contributed by atoms with Crippen LogP contribution in [-0.2, 0) is 0 Å². The topological polar surface area (TPSA) is 53.1 Å². The van der Waals surface area contributed by atoms with E-state index in [4.69, 9.17) is 11.6 Å². The van der Waals surface area contributed by atoms with Crippen LogP contribution in [0.5, 0.6) is 0 Å². The van der Waals surface area contributed by atoms with Gasteiger partial charge in [-0.1, -0.05) is 23.7 Å². The lowest BCUT2D eigenvalue weighted by molar-refractivity contribution is 1.11. The Morgan fingerprint density at radius 1 is 0.920 bits per heavy atom. The lowest BCUT2D eigenvalue weighted by atomic mass is 10.2. The first kappa shape index (κ1) is 17.0. The van der Waals surface area contributed by atoms with Crippen LogP contribution in [0.3, 0.4) is 0 Å². The summed E-state index contributed by atoms with van der Waals surface area (Å²) in [5, 5.41) is 7.10. The zero-order valence-corrected chi connectivity index (χ0v) is 15.2. The van der Waals surface area contributed by atoms with Crippen molar-refractivity contribution in [2.24, 2.45) is 0 Å². The molecule has 0 spiro atoms. The maximum Gasteiger partial charge on any atom is 0.229 e. The van der Waals surface area contributed by atoms with Crippen LogP contribution >= 0.6 is 11.6 Å². The minimum absolute atomic E-state index is 0.500. The molecule has 0 saturated carbocycles. The predicted octanol–water partition coefficient (Wildman–Crippen LogP) is 4.99. The predicted molar refractivity (Wildman–Crippen MR) is 106 cm³/mol. The van der Waals surface area contributed by atoms with E-state index in [0.29, 0.717) is 11.0 Å². The molecule has 25 heavy (non-hydrogen) atoms. The van der Waals surface area contributed by atoms with Crippen LogP contribution in [0, 0.1) is 6.92 Å². The van der Waals surface area contributed by atoms with Crippen molar-refractivity contribution in [2.75, 3.05) is 29.6 Å².